The molecule has 3 N–H and O–H groups in total. The van der Waals surface area contributed by atoms with Crippen molar-refractivity contribution in [3.8, 4) is 0 Å². The van der Waals surface area contributed by atoms with Crippen molar-refractivity contribution in [2.75, 3.05) is 13.1 Å². The molecule has 1 aliphatic rings. The van der Waals surface area contributed by atoms with Gasteiger partial charge in [-0.05, 0) is 32.6 Å². The molecule has 100 valence electrons. The lowest BCUT2D eigenvalue weighted by Gasteiger charge is -2.23. The number of hydrogen-bond donors (Lipinski definition) is 2. The molecule has 0 bridgehead atoms. The molecule has 1 heterocycles. The van der Waals surface area contributed by atoms with Gasteiger partial charge in [0, 0.05) is 24.4 Å². The Morgan fingerprint density at radius 1 is 1.50 bits per heavy atom. The minimum atomic E-state index is 0.584. The van der Waals surface area contributed by atoms with Gasteiger partial charge in [0.05, 0.1) is 10.7 Å². The molecule has 0 amide bonds. The van der Waals surface area contributed by atoms with Gasteiger partial charge in [-0.3, -0.25) is 4.99 Å². The minimum Gasteiger partial charge on any atom is -0.370 e. The first-order valence-corrected chi connectivity index (χ1v) is 7.43. The van der Waals surface area contributed by atoms with E-state index in [0.29, 0.717) is 5.96 Å². The minimum absolute atomic E-state index is 0.584. The second kappa shape index (κ2) is 6.18. The van der Waals surface area contributed by atoms with E-state index in [1.165, 1.54) is 24.1 Å². The number of nitrogens with zero attached hydrogens (tertiary/aromatic N) is 2. The van der Waals surface area contributed by atoms with Crippen LogP contribution in [0, 0.1) is 19.8 Å². The maximum atomic E-state index is 5.83. The smallest absolute Gasteiger partial charge is 0.188 e. The highest BCUT2D eigenvalue weighted by Gasteiger charge is 2.16. The van der Waals surface area contributed by atoms with Gasteiger partial charge in [-0.25, -0.2) is 4.98 Å². The average Bonchev–Trinajstić information content (AvgIpc) is 2.55. The Balaban J connectivity index is 1.69. The van der Waals surface area contributed by atoms with E-state index in [2.05, 4.69) is 22.2 Å². The fraction of sp³-hybridized carbons (Fsp3) is 0.692. The van der Waals surface area contributed by atoms with Gasteiger partial charge in [-0.2, -0.15) is 0 Å². The molecule has 0 radical (unpaired) electrons. The van der Waals surface area contributed by atoms with Crippen molar-refractivity contribution in [1.82, 2.24) is 10.3 Å². The number of guanidine groups is 1. The SMILES string of the molecule is Cc1nc(C)c(CCNC(N)=NCC2CCC2)s1. The van der Waals surface area contributed by atoms with Crippen LogP contribution in [0.1, 0.15) is 34.8 Å². The zero-order chi connectivity index (χ0) is 13.0. The molecule has 0 aliphatic heterocycles. The summed E-state index contributed by atoms with van der Waals surface area (Å²) < 4.78 is 0. The van der Waals surface area contributed by atoms with Gasteiger partial charge >= 0.3 is 0 Å². The van der Waals surface area contributed by atoms with Gasteiger partial charge in [0.15, 0.2) is 5.96 Å². The molecule has 0 saturated heterocycles. The summed E-state index contributed by atoms with van der Waals surface area (Å²) in [5.41, 5.74) is 6.98. The standard InChI is InChI=1S/C13H22N4S/c1-9-12(18-10(2)17-9)6-7-15-13(14)16-8-11-4-3-5-11/h11H,3-8H2,1-2H3,(H3,14,15,16). The summed E-state index contributed by atoms with van der Waals surface area (Å²) in [5.74, 6) is 1.36. The van der Waals surface area contributed by atoms with Crippen molar-refractivity contribution in [2.24, 2.45) is 16.6 Å². The summed E-state index contributed by atoms with van der Waals surface area (Å²) in [5, 5.41) is 4.31. The monoisotopic (exact) mass is 266 g/mol. The fourth-order valence-electron chi connectivity index (χ4n) is 2.07. The molecule has 0 atom stereocenters. The number of aliphatic imine (C=N–C) groups is 1. The second-order valence-corrected chi connectivity index (χ2v) is 6.23. The zero-order valence-corrected chi connectivity index (χ0v) is 12.0. The number of thiazole rings is 1. The Bertz CT molecular complexity index is 421. The maximum Gasteiger partial charge on any atom is 0.188 e. The van der Waals surface area contributed by atoms with Crippen LogP contribution in [0.3, 0.4) is 0 Å². The lowest BCUT2D eigenvalue weighted by Crippen LogP contribution is -2.34. The van der Waals surface area contributed by atoms with Gasteiger partial charge in [0.2, 0.25) is 0 Å². The molecule has 4 nitrogen and oxygen atoms in total. The number of nitrogens with one attached hydrogen (secondary N) is 1. The summed E-state index contributed by atoms with van der Waals surface area (Å²) in [6.45, 7) is 5.83. The van der Waals surface area contributed by atoms with E-state index in [1.54, 1.807) is 11.3 Å². The molecule has 1 aromatic rings. The van der Waals surface area contributed by atoms with Gasteiger partial charge in [0.1, 0.15) is 0 Å². The average molecular weight is 266 g/mol. The van der Waals surface area contributed by atoms with Gasteiger partial charge < -0.3 is 11.1 Å². The number of aromatic nitrogens is 1. The Labute approximate surface area is 113 Å². The van der Waals surface area contributed by atoms with Crippen LogP contribution in [-0.2, 0) is 6.42 Å². The summed E-state index contributed by atoms with van der Waals surface area (Å²) in [4.78, 5) is 10.1. The zero-order valence-electron chi connectivity index (χ0n) is 11.2. The van der Waals surface area contributed by atoms with E-state index in [1.807, 2.05) is 6.92 Å². The Morgan fingerprint density at radius 2 is 2.28 bits per heavy atom. The highest BCUT2D eigenvalue weighted by atomic mass is 32.1. The molecule has 18 heavy (non-hydrogen) atoms. The van der Waals surface area contributed by atoms with E-state index in [-0.39, 0.29) is 0 Å². The van der Waals surface area contributed by atoms with Crippen molar-refractivity contribution in [3.63, 3.8) is 0 Å². The van der Waals surface area contributed by atoms with Gasteiger partial charge in [0.25, 0.3) is 0 Å². The molecule has 1 saturated carbocycles. The molecular weight excluding hydrogens is 244 g/mol. The first-order valence-electron chi connectivity index (χ1n) is 6.62. The first-order chi connectivity index (χ1) is 8.65. The van der Waals surface area contributed by atoms with Gasteiger partial charge in [-0.1, -0.05) is 6.42 Å². The summed E-state index contributed by atoms with van der Waals surface area (Å²) in [6.07, 6.45) is 4.96. The van der Waals surface area contributed by atoms with Crippen molar-refractivity contribution in [3.05, 3.63) is 15.6 Å². The van der Waals surface area contributed by atoms with E-state index in [0.717, 1.165) is 36.1 Å². The van der Waals surface area contributed by atoms with Crippen LogP contribution >= 0.6 is 11.3 Å². The third kappa shape index (κ3) is 3.70. The quantitative estimate of drug-likeness (QED) is 0.633. The molecule has 1 aromatic heterocycles. The molecule has 0 aromatic carbocycles. The number of hydrogen-bond acceptors (Lipinski definition) is 3. The molecular formula is C13H22N4S. The Kier molecular flexibility index (Phi) is 4.58. The van der Waals surface area contributed by atoms with Crippen LogP contribution in [0.2, 0.25) is 0 Å². The van der Waals surface area contributed by atoms with Crippen LogP contribution < -0.4 is 11.1 Å². The maximum absolute atomic E-state index is 5.83. The molecule has 2 rings (SSSR count). The Morgan fingerprint density at radius 3 is 2.83 bits per heavy atom. The van der Waals surface area contributed by atoms with Crippen molar-refractivity contribution in [1.29, 1.82) is 0 Å². The van der Waals surface area contributed by atoms with Crippen molar-refractivity contribution >= 4 is 17.3 Å². The molecule has 0 unspecified atom stereocenters. The Hall–Kier alpha value is -1.10. The topological polar surface area (TPSA) is 63.3 Å². The van der Waals surface area contributed by atoms with Crippen LogP contribution in [0.5, 0.6) is 0 Å². The third-order valence-electron chi connectivity index (χ3n) is 3.40. The lowest BCUT2D eigenvalue weighted by molar-refractivity contribution is 0.326. The molecule has 0 spiro atoms. The van der Waals surface area contributed by atoms with Crippen LogP contribution in [-0.4, -0.2) is 24.0 Å². The van der Waals surface area contributed by atoms with Crippen LogP contribution in [0.15, 0.2) is 4.99 Å². The largest absolute Gasteiger partial charge is 0.370 e. The normalized spacial score (nSPS) is 16.7. The van der Waals surface area contributed by atoms with E-state index in [9.17, 15) is 0 Å². The summed E-state index contributed by atoms with van der Waals surface area (Å²) in [6, 6.07) is 0. The number of aryl methyl sites for hydroxylation is 2. The first kappa shape index (κ1) is 13.3. The van der Waals surface area contributed by atoms with E-state index in [4.69, 9.17) is 5.73 Å². The highest BCUT2D eigenvalue weighted by Crippen LogP contribution is 2.26. The number of rotatable bonds is 5. The predicted octanol–water partition coefficient (Wildman–Crippen LogP) is 2.01. The van der Waals surface area contributed by atoms with Crippen molar-refractivity contribution < 1.29 is 0 Å². The molecule has 1 aliphatic carbocycles. The molecule has 1 fully saturated rings. The van der Waals surface area contributed by atoms with Crippen LogP contribution in [0.4, 0.5) is 0 Å². The summed E-state index contributed by atoms with van der Waals surface area (Å²) in [7, 11) is 0. The second-order valence-electron chi connectivity index (χ2n) is 4.94. The molecule has 5 heteroatoms. The van der Waals surface area contributed by atoms with Gasteiger partial charge in [-0.15, -0.1) is 11.3 Å². The number of nitrogens with two attached hydrogens (primary N) is 1. The van der Waals surface area contributed by atoms with Crippen molar-refractivity contribution in [2.45, 2.75) is 39.5 Å². The van der Waals surface area contributed by atoms with E-state index >= 15 is 0 Å². The highest BCUT2D eigenvalue weighted by molar-refractivity contribution is 7.11. The van der Waals surface area contributed by atoms with E-state index < -0.39 is 0 Å². The van der Waals surface area contributed by atoms with Crippen LogP contribution in [0.25, 0.3) is 0 Å². The summed E-state index contributed by atoms with van der Waals surface area (Å²) >= 11 is 1.77. The predicted molar refractivity (Wildman–Crippen MR) is 77.1 cm³/mol. The third-order valence-corrected chi connectivity index (χ3v) is 4.53. The lowest BCUT2D eigenvalue weighted by atomic mass is 9.86. The fourth-order valence-corrected chi connectivity index (χ4v) is 3.00.